The number of thioether (sulfide) groups is 1. The van der Waals surface area contributed by atoms with E-state index < -0.39 is 5.54 Å². The Morgan fingerprint density at radius 2 is 1.54 bits per heavy atom. The third-order valence-electron chi connectivity index (χ3n) is 4.60. The number of hydrogen-bond acceptors (Lipinski definition) is 4. The van der Waals surface area contributed by atoms with Crippen molar-refractivity contribution in [1.82, 2.24) is 9.80 Å². The van der Waals surface area contributed by atoms with Gasteiger partial charge in [-0.1, -0.05) is 60.7 Å². The fraction of sp³-hybridized carbons (Fsp3) is 0.318. The van der Waals surface area contributed by atoms with Crippen LogP contribution in [0.3, 0.4) is 0 Å². The molecule has 4 heteroatoms. The molecule has 0 spiro atoms. The van der Waals surface area contributed by atoms with E-state index in [2.05, 4.69) is 35.4 Å². The maximum Gasteiger partial charge on any atom is 0.151 e. The normalized spacial score (nSPS) is 15.2. The predicted molar refractivity (Wildman–Crippen MR) is 113 cm³/mol. The van der Waals surface area contributed by atoms with Crippen LogP contribution in [-0.2, 0) is 5.54 Å². The SMILES string of the molecule is CSC(/C(=C/c1ccccc1)N(C)C)C(C#N)(c1ccccc1)N(C)C. The summed E-state index contributed by atoms with van der Waals surface area (Å²) in [4.78, 5) is 4.15. The molecule has 0 aromatic heterocycles. The van der Waals surface area contributed by atoms with Gasteiger partial charge < -0.3 is 4.90 Å². The van der Waals surface area contributed by atoms with Gasteiger partial charge in [-0.3, -0.25) is 4.90 Å². The van der Waals surface area contributed by atoms with Crippen molar-refractivity contribution >= 4 is 17.8 Å². The van der Waals surface area contributed by atoms with E-state index in [1.807, 2.05) is 81.6 Å². The van der Waals surface area contributed by atoms with Gasteiger partial charge in [-0.05, 0) is 37.6 Å². The smallest absolute Gasteiger partial charge is 0.151 e. The molecule has 2 atom stereocenters. The van der Waals surface area contributed by atoms with Crippen molar-refractivity contribution in [3.63, 3.8) is 0 Å². The van der Waals surface area contributed by atoms with Gasteiger partial charge in [-0.25, -0.2) is 0 Å². The lowest BCUT2D eigenvalue weighted by atomic mass is 9.84. The van der Waals surface area contributed by atoms with Crippen molar-refractivity contribution in [3.8, 4) is 6.07 Å². The summed E-state index contributed by atoms with van der Waals surface area (Å²) in [7, 11) is 8.05. The fourth-order valence-electron chi connectivity index (χ4n) is 3.22. The summed E-state index contributed by atoms with van der Waals surface area (Å²) in [5.41, 5.74) is 2.48. The second kappa shape index (κ2) is 8.93. The lowest BCUT2D eigenvalue weighted by molar-refractivity contribution is 0.212. The average molecular weight is 366 g/mol. The average Bonchev–Trinajstić information content (AvgIpc) is 2.65. The molecule has 0 aliphatic rings. The minimum absolute atomic E-state index is 0.0555. The highest BCUT2D eigenvalue weighted by molar-refractivity contribution is 7.99. The molecule has 0 fully saturated rings. The molecule has 2 aromatic rings. The lowest BCUT2D eigenvalue weighted by Crippen LogP contribution is -2.50. The van der Waals surface area contributed by atoms with Crippen LogP contribution in [0.2, 0.25) is 0 Å². The summed E-state index contributed by atoms with van der Waals surface area (Å²) < 4.78 is 0. The highest BCUT2D eigenvalue weighted by Crippen LogP contribution is 2.41. The Hall–Kier alpha value is -2.22. The summed E-state index contributed by atoms with van der Waals surface area (Å²) in [6.07, 6.45) is 4.26. The van der Waals surface area contributed by atoms with Crippen molar-refractivity contribution < 1.29 is 0 Å². The minimum atomic E-state index is -0.772. The summed E-state index contributed by atoms with van der Waals surface area (Å²) in [5, 5.41) is 10.3. The Bertz CT molecular complexity index is 763. The molecule has 0 N–H and O–H groups in total. The van der Waals surface area contributed by atoms with Crippen molar-refractivity contribution in [2.75, 3.05) is 34.4 Å². The summed E-state index contributed by atoms with van der Waals surface area (Å²) >= 11 is 1.71. The maximum absolute atomic E-state index is 10.3. The van der Waals surface area contributed by atoms with E-state index in [-0.39, 0.29) is 5.25 Å². The van der Waals surface area contributed by atoms with Crippen LogP contribution >= 0.6 is 11.8 Å². The molecule has 0 heterocycles. The first-order valence-corrected chi connectivity index (χ1v) is 9.87. The van der Waals surface area contributed by atoms with E-state index in [0.717, 1.165) is 16.8 Å². The first-order chi connectivity index (χ1) is 12.5. The van der Waals surface area contributed by atoms with Crippen molar-refractivity contribution in [2.45, 2.75) is 10.8 Å². The van der Waals surface area contributed by atoms with Crippen molar-refractivity contribution in [1.29, 1.82) is 5.26 Å². The standard InChI is InChI=1S/C22H27N3S/c1-24(2)20(16-18-12-8-6-9-13-18)21(26-5)22(17-23,25(3)4)19-14-10-7-11-15-19/h6-16,21H,1-5H3/b20-16-. The Morgan fingerprint density at radius 1 is 1.00 bits per heavy atom. The summed E-state index contributed by atoms with van der Waals surface area (Å²) in [6.45, 7) is 0. The monoisotopic (exact) mass is 365 g/mol. The Labute approximate surface area is 161 Å². The van der Waals surface area contributed by atoms with Gasteiger partial charge in [0.1, 0.15) is 0 Å². The number of benzene rings is 2. The van der Waals surface area contributed by atoms with Crippen LogP contribution < -0.4 is 0 Å². The van der Waals surface area contributed by atoms with E-state index >= 15 is 0 Å². The maximum atomic E-state index is 10.3. The van der Waals surface area contributed by atoms with Gasteiger partial charge in [-0.15, -0.1) is 0 Å². The van der Waals surface area contributed by atoms with Crippen molar-refractivity contribution in [3.05, 3.63) is 77.5 Å². The molecule has 2 aromatic carbocycles. The van der Waals surface area contributed by atoms with Crippen LogP contribution in [0.5, 0.6) is 0 Å². The molecule has 2 rings (SSSR count). The molecule has 0 amide bonds. The van der Waals surface area contributed by atoms with Crippen LogP contribution in [0, 0.1) is 11.3 Å². The number of nitriles is 1. The topological polar surface area (TPSA) is 30.3 Å². The summed E-state index contributed by atoms with van der Waals surface area (Å²) in [6, 6.07) is 23.0. The lowest BCUT2D eigenvalue weighted by Gasteiger charge is -2.42. The van der Waals surface area contributed by atoms with Crippen molar-refractivity contribution in [2.24, 2.45) is 0 Å². The van der Waals surface area contributed by atoms with E-state index in [9.17, 15) is 5.26 Å². The largest absolute Gasteiger partial charge is 0.380 e. The zero-order chi connectivity index (χ0) is 19.2. The zero-order valence-corrected chi connectivity index (χ0v) is 17.0. The predicted octanol–water partition coefficient (Wildman–Crippen LogP) is 4.30. The van der Waals surface area contributed by atoms with E-state index in [0.29, 0.717) is 0 Å². The van der Waals surface area contributed by atoms with Gasteiger partial charge in [0.05, 0.1) is 11.3 Å². The molecular formula is C22H27N3S. The Balaban J connectivity index is 2.67. The second-order valence-electron chi connectivity index (χ2n) is 6.63. The highest BCUT2D eigenvalue weighted by atomic mass is 32.2. The third kappa shape index (κ3) is 3.95. The quantitative estimate of drug-likeness (QED) is 0.732. The number of rotatable bonds is 7. The molecule has 2 unspecified atom stereocenters. The molecule has 0 aliphatic heterocycles. The molecule has 136 valence electrons. The molecule has 0 bridgehead atoms. The minimum Gasteiger partial charge on any atom is -0.380 e. The van der Waals surface area contributed by atoms with Gasteiger partial charge in [0, 0.05) is 19.8 Å². The van der Waals surface area contributed by atoms with E-state index in [1.165, 1.54) is 0 Å². The first-order valence-electron chi connectivity index (χ1n) is 8.58. The third-order valence-corrected chi connectivity index (χ3v) is 5.66. The zero-order valence-electron chi connectivity index (χ0n) is 16.2. The van der Waals surface area contributed by atoms with E-state index in [4.69, 9.17) is 0 Å². The van der Waals surface area contributed by atoms with Crippen LogP contribution in [0.1, 0.15) is 11.1 Å². The van der Waals surface area contributed by atoms with Gasteiger partial charge in [0.25, 0.3) is 0 Å². The first kappa shape index (κ1) is 20.1. The van der Waals surface area contributed by atoms with Crippen LogP contribution in [0.4, 0.5) is 0 Å². The van der Waals surface area contributed by atoms with Gasteiger partial charge >= 0.3 is 0 Å². The summed E-state index contributed by atoms with van der Waals surface area (Å²) in [5.74, 6) is 0. The van der Waals surface area contributed by atoms with Crippen LogP contribution in [-0.4, -0.2) is 49.5 Å². The molecule has 0 radical (unpaired) electrons. The second-order valence-corrected chi connectivity index (χ2v) is 7.57. The van der Waals surface area contributed by atoms with Crippen LogP contribution in [0.15, 0.2) is 66.4 Å². The van der Waals surface area contributed by atoms with Gasteiger partial charge in [-0.2, -0.15) is 17.0 Å². The highest BCUT2D eigenvalue weighted by Gasteiger charge is 2.45. The molecule has 3 nitrogen and oxygen atoms in total. The fourth-order valence-corrected chi connectivity index (χ4v) is 4.49. The Kier molecular flexibility index (Phi) is 6.90. The van der Waals surface area contributed by atoms with Crippen LogP contribution in [0.25, 0.3) is 6.08 Å². The molecule has 0 saturated carbocycles. The Morgan fingerprint density at radius 3 is 1.96 bits per heavy atom. The van der Waals surface area contributed by atoms with Gasteiger partial charge in [0.15, 0.2) is 5.54 Å². The molecule has 0 aliphatic carbocycles. The van der Waals surface area contributed by atoms with Gasteiger partial charge in [0.2, 0.25) is 0 Å². The molecule has 0 saturated heterocycles. The molecule has 26 heavy (non-hydrogen) atoms. The number of hydrogen-bond donors (Lipinski definition) is 0. The number of nitrogens with zero attached hydrogens (tertiary/aromatic N) is 3. The van der Waals surface area contributed by atoms with E-state index in [1.54, 1.807) is 11.8 Å². The molecular weight excluding hydrogens is 338 g/mol.